The van der Waals surface area contributed by atoms with E-state index < -0.39 is 23.4 Å². The predicted octanol–water partition coefficient (Wildman–Crippen LogP) is 5.16. The molecule has 0 aliphatic heterocycles. The second-order valence-electron chi connectivity index (χ2n) is 5.16. The number of anilines is 2. The van der Waals surface area contributed by atoms with Gasteiger partial charge in [0.25, 0.3) is 0 Å². The molecular formula is C17H12ClF3N2O2. The minimum Gasteiger partial charge on any atom is -0.461 e. The van der Waals surface area contributed by atoms with Crippen LogP contribution in [-0.2, 0) is 4.74 Å². The summed E-state index contributed by atoms with van der Waals surface area (Å²) in [5, 5.41) is 2.69. The number of fused-ring (bicyclic) bond motifs is 1. The summed E-state index contributed by atoms with van der Waals surface area (Å²) < 4.78 is 46.4. The second kappa shape index (κ2) is 6.68. The molecule has 0 saturated carbocycles. The van der Waals surface area contributed by atoms with Gasteiger partial charge in [-0.15, -0.1) is 0 Å². The normalized spacial score (nSPS) is 10.9. The van der Waals surface area contributed by atoms with Gasteiger partial charge in [-0.2, -0.15) is 0 Å². The van der Waals surface area contributed by atoms with Gasteiger partial charge in [0.2, 0.25) is 0 Å². The SMILES string of the molecule is CCOC(=O)c1cc2c(Nc3ccc(F)c(Cl)c3)c(F)cc(F)c2[nH]1. The van der Waals surface area contributed by atoms with E-state index in [1.807, 2.05) is 0 Å². The van der Waals surface area contributed by atoms with Gasteiger partial charge in [-0.05, 0) is 31.2 Å². The summed E-state index contributed by atoms with van der Waals surface area (Å²) in [4.78, 5) is 14.4. The van der Waals surface area contributed by atoms with E-state index >= 15 is 0 Å². The minimum atomic E-state index is -0.875. The summed E-state index contributed by atoms with van der Waals surface area (Å²) in [5.74, 6) is -3.04. The van der Waals surface area contributed by atoms with Crippen molar-refractivity contribution < 1.29 is 22.7 Å². The maximum Gasteiger partial charge on any atom is 0.354 e. The lowest BCUT2D eigenvalue weighted by Gasteiger charge is -2.10. The molecule has 1 aromatic heterocycles. The number of aromatic amines is 1. The van der Waals surface area contributed by atoms with Crippen molar-refractivity contribution in [1.29, 1.82) is 0 Å². The molecule has 4 nitrogen and oxygen atoms in total. The molecule has 0 saturated heterocycles. The largest absolute Gasteiger partial charge is 0.461 e. The van der Waals surface area contributed by atoms with Crippen LogP contribution in [0.3, 0.4) is 0 Å². The van der Waals surface area contributed by atoms with Crippen molar-refractivity contribution in [1.82, 2.24) is 4.98 Å². The number of hydrogen-bond donors (Lipinski definition) is 2. The zero-order chi connectivity index (χ0) is 18.1. The van der Waals surface area contributed by atoms with Crippen LogP contribution in [0, 0.1) is 17.5 Å². The van der Waals surface area contributed by atoms with Crippen molar-refractivity contribution >= 4 is 39.8 Å². The van der Waals surface area contributed by atoms with Crippen LogP contribution < -0.4 is 5.32 Å². The van der Waals surface area contributed by atoms with Crippen LogP contribution in [0.2, 0.25) is 5.02 Å². The quantitative estimate of drug-likeness (QED) is 0.625. The van der Waals surface area contributed by atoms with E-state index in [1.54, 1.807) is 6.92 Å². The van der Waals surface area contributed by atoms with Gasteiger partial charge in [-0.1, -0.05) is 11.6 Å². The number of halogens is 4. The molecule has 0 aliphatic rings. The molecule has 0 fully saturated rings. The van der Waals surface area contributed by atoms with Crippen LogP contribution in [0.15, 0.2) is 30.3 Å². The highest BCUT2D eigenvalue weighted by molar-refractivity contribution is 6.31. The maximum absolute atomic E-state index is 14.3. The highest BCUT2D eigenvalue weighted by atomic mass is 35.5. The van der Waals surface area contributed by atoms with Crippen LogP contribution >= 0.6 is 11.6 Å². The van der Waals surface area contributed by atoms with E-state index in [-0.39, 0.29) is 33.9 Å². The van der Waals surface area contributed by atoms with Crippen LogP contribution in [0.5, 0.6) is 0 Å². The van der Waals surface area contributed by atoms with Gasteiger partial charge in [-0.25, -0.2) is 18.0 Å². The highest BCUT2D eigenvalue weighted by Crippen LogP contribution is 2.33. The van der Waals surface area contributed by atoms with Crippen molar-refractivity contribution in [3.05, 3.63) is 58.5 Å². The number of esters is 1. The molecule has 0 bridgehead atoms. The van der Waals surface area contributed by atoms with Crippen molar-refractivity contribution in [3.8, 4) is 0 Å². The average molecular weight is 369 g/mol. The highest BCUT2D eigenvalue weighted by Gasteiger charge is 2.19. The van der Waals surface area contributed by atoms with E-state index in [9.17, 15) is 18.0 Å². The van der Waals surface area contributed by atoms with E-state index in [2.05, 4.69) is 10.3 Å². The Labute approximate surface area is 145 Å². The first-order chi connectivity index (χ1) is 11.9. The molecule has 0 spiro atoms. The summed E-state index contributed by atoms with van der Waals surface area (Å²) in [6, 6.07) is 5.71. The van der Waals surface area contributed by atoms with Crippen LogP contribution in [0.25, 0.3) is 10.9 Å². The van der Waals surface area contributed by atoms with Gasteiger partial charge in [-0.3, -0.25) is 0 Å². The molecule has 2 aromatic carbocycles. The number of hydrogen-bond acceptors (Lipinski definition) is 3. The summed E-state index contributed by atoms with van der Waals surface area (Å²) in [7, 11) is 0. The molecule has 0 radical (unpaired) electrons. The number of aromatic nitrogens is 1. The van der Waals surface area contributed by atoms with Crippen molar-refractivity contribution in [2.45, 2.75) is 6.92 Å². The monoisotopic (exact) mass is 368 g/mol. The molecular weight excluding hydrogens is 357 g/mol. The van der Waals surface area contributed by atoms with Crippen molar-refractivity contribution in [2.24, 2.45) is 0 Å². The molecule has 0 atom stereocenters. The van der Waals surface area contributed by atoms with Gasteiger partial charge in [0.15, 0.2) is 0 Å². The predicted molar refractivity (Wildman–Crippen MR) is 88.9 cm³/mol. The third kappa shape index (κ3) is 3.28. The Bertz CT molecular complexity index is 972. The fourth-order valence-corrected chi connectivity index (χ4v) is 2.57. The van der Waals surface area contributed by atoms with Gasteiger partial charge >= 0.3 is 5.97 Å². The Kier molecular flexibility index (Phi) is 4.59. The molecule has 0 amide bonds. The third-order valence-electron chi connectivity index (χ3n) is 3.50. The summed E-state index contributed by atoms with van der Waals surface area (Å²) in [6.07, 6.45) is 0. The molecule has 3 aromatic rings. The van der Waals surface area contributed by atoms with Crippen molar-refractivity contribution in [2.75, 3.05) is 11.9 Å². The molecule has 25 heavy (non-hydrogen) atoms. The summed E-state index contributed by atoms with van der Waals surface area (Å²) in [5.41, 5.74) is 0.157. The lowest BCUT2D eigenvalue weighted by molar-refractivity contribution is 0.0520. The fraction of sp³-hybridized carbons (Fsp3) is 0.118. The number of carbonyl (C=O) groups is 1. The van der Waals surface area contributed by atoms with E-state index in [1.165, 1.54) is 18.2 Å². The number of benzene rings is 2. The first kappa shape index (κ1) is 17.2. The zero-order valence-electron chi connectivity index (χ0n) is 12.9. The standard InChI is InChI=1S/C17H12ClF3N2O2/c1-2-25-17(24)14-6-9-15(12(20)7-13(21)16(9)23-14)22-8-3-4-11(19)10(18)5-8/h3-7,22-23H,2H2,1H3. The molecule has 2 N–H and O–H groups in total. The van der Waals surface area contributed by atoms with Gasteiger partial charge < -0.3 is 15.0 Å². The van der Waals surface area contributed by atoms with E-state index in [0.717, 1.165) is 6.07 Å². The first-order valence-corrected chi connectivity index (χ1v) is 7.68. The van der Waals surface area contributed by atoms with Gasteiger partial charge in [0.05, 0.1) is 22.8 Å². The fourth-order valence-electron chi connectivity index (χ4n) is 2.39. The lowest BCUT2D eigenvalue weighted by Crippen LogP contribution is -2.04. The number of nitrogens with one attached hydrogen (secondary N) is 2. The van der Waals surface area contributed by atoms with E-state index in [0.29, 0.717) is 11.8 Å². The number of carbonyl (C=O) groups excluding carboxylic acids is 1. The Morgan fingerprint density at radius 1 is 1.16 bits per heavy atom. The molecule has 130 valence electrons. The van der Waals surface area contributed by atoms with Gasteiger partial charge in [0.1, 0.15) is 23.1 Å². The van der Waals surface area contributed by atoms with Crippen molar-refractivity contribution in [3.63, 3.8) is 0 Å². The maximum atomic E-state index is 14.3. The van der Waals surface area contributed by atoms with Gasteiger partial charge in [0, 0.05) is 17.1 Å². The number of rotatable bonds is 4. The third-order valence-corrected chi connectivity index (χ3v) is 3.79. The molecule has 1 heterocycles. The molecule has 0 aliphatic carbocycles. The first-order valence-electron chi connectivity index (χ1n) is 7.30. The zero-order valence-corrected chi connectivity index (χ0v) is 13.7. The minimum absolute atomic E-state index is 0.0125. The lowest BCUT2D eigenvalue weighted by atomic mass is 10.1. The number of ether oxygens (including phenoxy) is 1. The van der Waals surface area contributed by atoms with Crippen LogP contribution in [0.4, 0.5) is 24.5 Å². The molecule has 8 heteroatoms. The topological polar surface area (TPSA) is 54.1 Å². The average Bonchev–Trinajstić information content (AvgIpc) is 3.01. The Morgan fingerprint density at radius 3 is 2.60 bits per heavy atom. The Hall–Kier alpha value is -2.67. The van der Waals surface area contributed by atoms with E-state index in [4.69, 9.17) is 16.3 Å². The Morgan fingerprint density at radius 2 is 1.92 bits per heavy atom. The summed E-state index contributed by atoms with van der Waals surface area (Å²) >= 11 is 5.71. The Balaban J connectivity index is 2.10. The van der Waals surface area contributed by atoms with Crippen LogP contribution in [-0.4, -0.2) is 17.6 Å². The van der Waals surface area contributed by atoms with Crippen LogP contribution in [0.1, 0.15) is 17.4 Å². The second-order valence-corrected chi connectivity index (χ2v) is 5.57. The summed E-state index contributed by atoms with van der Waals surface area (Å²) in [6.45, 7) is 1.77. The molecule has 0 unspecified atom stereocenters. The number of H-pyrrole nitrogens is 1. The smallest absolute Gasteiger partial charge is 0.354 e. The molecule has 3 rings (SSSR count).